The van der Waals surface area contributed by atoms with Gasteiger partial charge in [-0.1, -0.05) is 13.0 Å². The molecule has 2 amide bonds. The molecule has 0 aromatic heterocycles. The fraction of sp³-hybridized carbons (Fsp3) is 0.273. The van der Waals surface area contributed by atoms with Gasteiger partial charge in [-0.15, -0.1) is 0 Å². The number of benzene rings is 2. The molecular formula is C22H21FN4O2S. The zero-order valence-electron chi connectivity index (χ0n) is 17.1. The zero-order valence-corrected chi connectivity index (χ0v) is 17.9. The third kappa shape index (κ3) is 3.21. The van der Waals surface area contributed by atoms with Gasteiger partial charge in [0.1, 0.15) is 11.4 Å². The smallest absolute Gasteiger partial charge is 0.259 e. The van der Waals surface area contributed by atoms with Crippen LogP contribution in [-0.2, 0) is 4.79 Å². The van der Waals surface area contributed by atoms with E-state index in [1.807, 2.05) is 6.92 Å². The van der Waals surface area contributed by atoms with Crippen LogP contribution in [-0.4, -0.2) is 29.5 Å². The molecule has 0 spiro atoms. The van der Waals surface area contributed by atoms with Crippen LogP contribution in [0.2, 0.25) is 0 Å². The van der Waals surface area contributed by atoms with Crippen LogP contribution in [0.25, 0.3) is 4.85 Å². The second kappa shape index (κ2) is 7.84. The average Bonchev–Trinajstić information content (AvgIpc) is 2.93. The maximum absolute atomic E-state index is 14.6. The minimum atomic E-state index is -1.02. The number of rotatable bonds is 4. The molecule has 1 N–H and O–H groups in total. The topological polar surface area (TPSA) is 57.0 Å². The van der Waals surface area contributed by atoms with Gasteiger partial charge in [0.15, 0.2) is 10.8 Å². The fourth-order valence-electron chi connectivity index (χ4n) is 3.53. The van der Waals surface area contributed by atoms with Gasteiger partial charge in [0.05, 0.1) is 12.1 Å². The van der Waals surface area contributed by atoms with Crippen molar-refractivity contribution in [1.29, 1.82) is 0 Å². The van der Waals surface area contributed by atoms with E-state index in [0.717, 1.165) is 5.56 Å². The zero-order chi connectivity index (χ0) is 22.2. The van der Waals surface area contributed by atoms with E-state index in [2.05, 4.69) is 10.2 Å². The van der Waals surface area contributed by atoms with Crippen LogP contribution in [0.5, 0.6) is 0 Å². The summed E-state index contributed by atoms with van der Waals surface area (Å²) in [7, 11) is 1.43. The first-order valence-electron chi connectivity index (χ1n) is 9.38. The minimum Gasteiger partial charge on any atom is -0.355 e. The molecule has 6 nitrogen and oxygen atoms in total. The lowest BCUT2D eigenvalue weighted by Crippen LogP contribution is -2.46. The number of nitrogens with one attached hydrogen (secondary N) is 1. The van der Waals surface area contributed by atoms with E-state index in [-0.39, 0.29) is 16.6 Å². The third-order valence-corrected chi connectivity index (χ3v) is 5.84. The largest absolute Gasteiger partial charge is 0.355 e. The van der Waals surface area contributed by atoms with Crippen LogP contribution in [0, 0.1) is 19.3 Å². The summed E-state index contributed by atoms with van der Waals surface area (Å²) < 4.78 is 14.6. The molecule has 3 rings (SSSR count). The van der Waals surface area contributed by atoms with Crippen molar-refractivity contribution in [2.75, 3.05) is 16.8 Å². The normalized spacial score (nSPS) is 18.5. The Morgan fingerprint density at radius 3 is 2.47 bits per heavy atom. The van der Waals surface area contributed by atoms with Gasteiger partial charge < -0.3 is 10.2 Å². The Bertz CT molecular complexity index is 1110. The number of amides is 2. The molecule has 2 aromatic rings. The Labute approximate surface area is 180 Å². The van der Waals surface area contributed by atoms with Crippen LogP contribution >= 0.6 is 12.2 Å². The molecule has 0 saturated carbocycles. The highest BCUT2D eigenvalue weighted by atomic mass is 32.1. The Morgan fingerprint density at radius 2 is 1.93 bits per heavy atom. The second-order valence-corrected chi connectivity index (χ2v) is 7.58. The fourth-order valence-corrected chi connectivity index (χ4v) is 4.03. The average molecular weight is 425 g/mol. The number of nitrogens with zero attached hydrogens (tertiary/aromatic N) is 3. The number of aryl methyl sites for hydroxylation is 1. The summed E-state index contributed by atoms with van der Waals surface area (Å²) >= 11 is 5.64. The lowest BCUT2D eigenvalue weighted by Gasteiger charge is -2.32. The van der Waals surface area contributed by atoms with Gasteiger partial charge >= 0.3 is 0 Å². The molecule has 1 fully saturated rings. The van der Waals surface area contributed by atoms with Crippen molar-refractivity contribution in [3.05, 3.63) is 64.8 Å². The Balaban J connectivity index is 2.10. The van der Waals surface area contributed by atoms with E-state index in [4.69, 9.17) is 18.8 Å². The van der Waals surface area contributed by atoms with Gasteiger partial charge in [-0.3, -0.25) is 14.5 Å². The summed E-state index contributed by atoms with van der Waals surface area (Å²) in [6.07, 6.45) is 0.431. The van der Waals surface area contributed by atoms with Crippen molar-refractivity contribution >= 4 is 46.2 Å². The van der Waals surface area contributed by atoms with Crippen molar-refractivity contribution < 1.29 is 14.0 Å². The third-order valence-electron chi connectivity index (χ3n) is 5.47. The highest BCUT2D eigenvalue weighted by Crippen LogP contribution is 2.39. The number of halogens is 1. The van der Waals surface area contributed by atoms with Crippen molar-refractivity contribution in [1.82, 2.24) is 5.32 Å². The van der Waals surface area contributed by atoms with Crippen molar-refractivity contribution in [3.63, 3.8) is 0 Å². The molecular weight excluding hydrogens is 403 g/mol. The quantitative estimate of drug-likeness (QED) is 0.586. The Kier molecular flexibility index (Phi) is 5.59. The van der Waals surface area contributed by atoms with Crippen LogP contribution in [0.4, 0.5) is 21.5 Å². The molecule has 0 aliphatic carbocycles. The molecule has 1 atom stereocenters. The second-order valence-electron chi connectivity index (χ2n) is 7.21. The van der Waals surface area contributed by atoms with Gasteiger partial charge in [0.25, 0.3) is 11.8 Å². The predicted molar refractivity (Wildman–Crippen MR) is 118 cm³/mol. The molecule has 1 saturated heterocycles. The monoisotopic (exact) mass is 424 g/mol. The van der Waals surface area contributed by atoms with Crippen LogP contribution < -0.4 is 15.1 Å². The molecule has 1 unspecified atom stereocenters. The summed E-state index contributed by atoms with van der Waals surface area (Å²) in [5.74, 6) is -1.47. The van der Waals surface area contributed by atoms with Crippen LogP contribution in [0.3, 0.4) is 0 Å². The van der Waals surface area contributed by atoms with E-state index in [1.165, 1.54) is 24.1 Å². The molecule has 8 heteroatoms. The summed E-state index contributed by atoms with van der Waals surface area (Å²) in [6.45, 7) is 12.6. The number of thiocarbonyl (C=S) groups is 1. The molecule has 1 aliphatic rings. The van der Waals surface area contributed by atoms with Gasteiger partial charge in [0, 0.05) is 18.4 Å². The lowest BCUT2D eigenvalue weighted by molar-refractivity contribution is -0.121. The highest BCUT2D eigenvalue weighted by Gasteiger charge is 2.52. The predicted octanol–water partition coefficient (Wildman–Crippen LogP) is 4.35. The summed E-state index contributed by atoms with van der Waals surface area (Å²) in [5.41, 5.74) is 1.07. The first-order chi connectivity index (χ1) is 14.2. The summed E-state index contributed by atoms with van der Waals surface area (Å²) in [5, 5.41) is 2.61. The van der Waals surface area contributed by atoms with Gasteiger partial charge in [-0.05, 0) is 68.4 Å². The molecule has 0 radical (unpaired) electrons. The van der Waals surface area contributed by atoms with E-state index >= 15 is 0 Å². The number of hydrogen-bond acceptors (Lipinski definition) is 3. The molecule has 154 valence electrons. The lowest BCUT2D eigenvalue weighted by atomic mass is 9.96. The van der Waals surface area contributed by atoms with Crippen molar-refractivity contribution in [2.24, 2.45) is 0 Å². The Morgan fingerprint density at radius 1 is 1.27 bits per heavy atom. The van der Waals surface area contributed by atoms with E-state index in [0.29, 0.717) is 23.5 Å². The van der Waals surface area contributed by atoms with E-state index in [1.54, 1.807) is 43.0 Å². The first-order valence-corrected chi connectivity index (χ1v) is 9.79. The first kappa shape index (κ1) is 21.4. The number of hydrogen-bond donors (Lipinski definition) is 1. The minimum absolute atomic E-state index is 0.0851. The van der Waals surface area contributed by atoms with Gasteiger partial charge in [-0.25, -0.2) is 9.24 Å². The number of anilines is 2. The molecule has 1 heterocycles. The van der Waals surface area contributed by atoms with Crippen molar-refractivity contribution in [3.8, 4) is 0 Å². The van der Waals surface area contributed by atoms with E-state index in [9.17, 15) is 14.0 Å². The molecule has 1 aliphatic heterocycles. The Hall–Kier alpha value is -3.31. The van der Waals surface area contributed by atoms with Crippen LogP contribution in [0.1, 0.15) is 36.2 Å². The van der Waals surface area contributed by atoms with Gasteiger partial charge in [-0.2, -0.15) is 0 Å². The molecule has 0 bridgehead atoms. The highest BCUT2D eigenvalue weighted by molar-refractivity contribution is 7.81. The van der Waals surface area contributed by atoms with E-state index < -0.39 is 17.3 Å². The maximum Gasteiger partial charge on any atom is 0.259 e. The number of carbonyl (C=O) groups is 2. The molecule has 30 heavy (non-hydrogen) atoms. The SMILES string of the molecule is [C-]#[N+]c1ccc(N2C(=O)C(C)(CC)N(c3ccc(C(=O)NC)c(F)c3)C2=S)cc1C. The van der Waals surface area contributed by atoms with Crippen LogP contribution in [0.15, 0.2) is 36.4 Å². The van der Waals surface area contributed by atoms with Gasteiger partial charge in [0.2, 0.25) is 0 Å². The van der Waals surface area contributed by atoms with Crippen molar-refractivity contribution in [2.45, 2.75) is 32.7 Å². The molecule has 2 aromatic carbocycles. The maximum atomic E-state index is 14.6. The number of carbonyl (C=O) groups excluding carboxylic acids is 2. The standard InChI is InChI=1S/C22H21FN4O2S/c1-6-22(3)20(29)26(14-8-10-18(24-4)13(2)11-14)21(30)27(22)15-7-9-16(17(23)12-15)19(28)25-5/h7-12H,6H2,1-3,5H3,(H,25,28). The summed E-state index contributed by atoms with van der Waals surface area (Å²) in [4.78, 5) is 31.7. The summed E-state index contributed by atoms with van der Waals surface area (Å²) in [6, 6.07) is 9.25.